The third-order valence-electron chi connectivity index (χ3n) is 23.5. The average molecular weight is 2430 g/mol. The van der Waals surface area contributed by atoms with Crippen LogP contribution in [0, 0.1) is 89.9 Å². The minimum absolute atomic E-state index is 0. The summed E-state index contributed by atoms with van der Waals surface area (Å²) in [6.07, 6.45) is 4.89. The van der Waals surface area contributed by atoms with E-state index in [0.29, 0.717) is 22.6 Å². The third-order valence-corrected chi connectivity index (χ3v) is 23.5. The van der Waals surface area contributed by atoms with Gasteiger partial charge in [0.15, 0.2) is 0 Å². The first-order valence-electron chi connectivity index (χ1n) is 46.0. The molecule has 15 aromatic carbocycles. The summed E-state index contributed by atoms with van der Waals surface area (Å²) in [6, 6.07) is 137. The summed E-state index contributed by atoms with van der Waals surface area (Å²) in [5.74, 6) is -5.03. The van der Waals surface area contributed by atoms with Crippen molar-refractivity contribution in [2.45, 2.75) is 85.5 Å². The van der Waals surface area contributed by atoms with Crippen LogP contribution in [0.15, 0.2) is 401 Å². The molecular weight excluding hydrogens is 2340 g/mol. The largest absolute Gasteiger partial charge is 0.305 e. The van der Waals surface area contributed by atoms with Crippen molar-refractivity contribution in [3.8, 4) is 134 Å². The van der Waals surface area contributed by atoms with Crippen molar-refractivity contribution in [1.29, 1.82) is 0 Å². The van der Waals surface area contributed by atoms with Crippen LogP contribution >= 0.6 is 0 Å². The Balaban J connectivity index is 0.000000146. The van der Waals surface area contributed by atoms with Crippen LogP contribution < -0.4 is 0 Å². The van der Waals surface area contributed by atoms with Gasteiger partial charge in [0.2, 0.25) is 0 Å². The molecule has 0 aliphatic heterocycles. The molecule has 0 aliphatic rings. The van der Waals surface area contributed by atoms with Gasteiger partial charge < -0.3 is 15.0 Å². The quantitative estimate of drug-likeness (QED) is 0.0896. The summed E-state index contributed by atoms with van der Waals surface area (Å²) >= 11 is 0. The molecule has 21 rings (SSSR count). The molecule has 3 radical (unpaired) electrons. The Labute approximate surface area is 876 Å². The second-order valence-corrected chi connectivity index (χ2v) is 36.8. The Kier molecular flexibility index (Phi) is 35.9. The van der Waals surface area contributed by atoms with Crippen LogP contribution in [0.5, 0.6) is 0 Å². The van der Waals surface area contributed by atoms with Crippen LogP contribution in [0.1, 0.15) is 84.6 Å². The van der Waals surface area contributed by atoms with E-state index in [0.717, 1.165) is 142 Å². The molecule has 723 valence electrons. The third kappa shape index (κ3) is 27.2. The van der Waals surface area contributed by atoms with Gasteiger partial charge in [0.1, 0.15) is 11.6 Å². The molecule has 0 aliphatic carbocycles. The normalized spacial score (nSPS) is 11.0. The second-order valence-electron chi connectivity index (χ2n) is 36.8. The summed E-state index contributed by atoms with van der Waals surface area (Å²) in [5, 5.41) is 3.24. The fraction of sp³-hybridized carbons (Fsp3) is 0.102. The number of rotatable bonds is 12. The molecule has 0 saturated carbocycles. The first kappa shape index (κ1) is 107. The predicted octanol–water partition coefficient (Wildman–Crippen LogP) is 34.1. The predicted molar refractivity (Wildman–Crippen MR) is 557 cm³/mol. The molecule has 0 N–H and O–H groups in total. The smallest absolute Gasteiger partial charge is 0.126 e. The van der Waals surface area contributed by atoms with E-state index in [1.807, 2.05) is 158 Å². The van der Waals surface area contributed by atoms with E-state index in [-0.39, 0.29) is 93.3 Å². The number of pyridine rings is 6. The number of hydrogen-bond acceptors (Lipinski definition) is 6. The van der Waals surface area contributed by atoms with Gasteiger partial charge in [-0.25, -0.2) is 8.78 Å². The molecule has 0 saturated heterocycles. The zero-order chi connectivity index (χ0) is 98.9. The molecule has 0 bridgehead atoms. The van der Waals surface area contributed by atoms with Crippen molar-refractivity contribution in [3.05, 3.63) is 506 Å². The maximum absolute atomic E-state index is 13.8. The molecule has 6 heterocycles. The summed E-state index contributed by atoms with van der Waals surface area (Å²) in [7, 11) is 0. The van der Waals surface area contributed by atoms with E-state index in [9.17, 15) is 35.1 Å². The summed E-state index contributed by atoms with van der Waals surface area (Å²) in [6.45, 7) is 20.7. The SMILES string of the molecule is CC(C)(C)c1ccnc(-c2[c-]cc(F)cc2F)c1.CC(C)(C)c1ccnc(-c2[c-]cc(F)cc2F)c1.CC(C)(C)c1ccnc(-c2[c-]cc(F)cc2F)c1.Cc1cc[c-]c(-c2cc(-c3ccccc3)c3cc(-c4ccccc4)ccc3n2)c1.Fc1cc(F)cc(-c2ccc3nc(-c4[c-]cccc4)cc(-c4ccccc4)c3c2)c1.[Ir].[Ir].[Ir].[c-]1ccccc1-c1cc(-c2ccccc2)c2cc(-c3ccccc3)ccc2n1. The van der Waals surface area contributed by atoms with Crippen molar-refractivity contribution < 1.29 is 95.4 Å². The second kappa shape index (κ2) is 48.4. The van der Waals surface area contributed by atoms with Gasteiger partial charge in [-0.05, 0) is 201 Å². The minimum atomic E-state index is -0.645. The van der Waals surface area contributed by atoms with Crippen LogP contribution in [0.25, 0.3) is 167 Å². The van der Waals surface area contributed by atoms with Gasteiger partial charge in [-0.3, -0.25) is 41.3 Å². The molecule has 0 spiro atoms. The molecule has 6 nitrogen and oxygen atoms in total. The van der Waals surface area contributed by atoms with Crippen molar-refractivity contribution in [3.63, 3.8) is 0 Å². The van der Waals surface area contributed by atoms with Gasteiger partial charge >= 0.3 is 0 Å². The van der Waals surface area contributed by atoms with E-state index >= 15 is 0 Å². The maximum Gasteiger partial charge on any atom is 0.126 e. The van der Waals surface area contributed by atoms with Crippen molar-refractivity contribution in [2.75, 3.05) is 0 Å². The van der Waals surface area contributed by atoms with Crippen molar-refractivity contribution in [2.24, 2.45) is 0 Å². The molecule has 0 atom stereocenters. The standard InChI is InChI=1S/C28H20N.C27H16F2N.C27H18N.3C15H14F2N.3Ir/c1-20-9-8-14-24(17-20)28-19-25(22-12-6-3-7-13-22)26-18-23(15-16-27(26)29-28)21-10-4-2-5-11-21;28-22-13-21(14-23(29)16-22)20-11-12-26-25(15-20)24(18-7-3-1-4-8-18)17-27(30-26)19-9-5-2-6-10-19;1-4-10-20(11-5-1)23-16-17-26-25(18-23)24(21-12-6-2-7-13-21)19-27(28-26)22-14-8-3-9-15-22;3*1-15(2,3)10-6-7-18-14(8-10)12-5-4-11(16)9-13(12)17;;;/h2-13,15-19H,1H3;1-9,11-17H;1-14,16-19H;3*4,6-9H,1-3H3;;;/q6*-1;;;. The molecule has 6 aromatic heterocycles. The van der Waals surface area contributed by atoms with Crippen LogP contribution in [0.4, 0.5) is 35.1 Å². The van der Waals surface area contributed by atoms with Crippen LogP contribution in [-0.4, -0.2) is 29.9 Å². The zero-order valence-corrected chi connectivity index (χ0v) is 87.5. The Morgan fingerprint density at radius 2 is 0.514 bits per heavy atom. The van der Waals surface area contributed by atoms with Gasteiger partial charge in [-0.1, -0.05) is 310 Å². The summed E-state index contributed by atoms with van der Waals surface area (Å²) in [4.78, 5) is 27.1. The van der Waals surface area contributed by atoms with Gasteiger partial charge in [0, 0.05) is 136 Å². The van der Waals surface area contributed by atoms with E-state index in [4.69, 9.17) is 15.0 Å². The van der Waals surface area contributed by atoms with Crippen LogP contribution in [0.2, 0.25) is 0 Å². The van der Waals surface area contributed by atoms with Gasteiger partial charge in [0.25, 0.3) is 0 Å². The van der Waals surface area contributed by atoms with Crippen molar-refractivity contribution >= 4 is 32.7 Å². The van der Waals surface area contributed by atoms with Crippen molar-refractivity contribution in [1.82, 2.24) is 29.9 Å². The van der Waals surface area contributed by atoms with Gasteiger partial charge in [-0.2, -0.15) is 0 Å². The maximum atomic E-state index is 13.8. The average Bonchev–Trinajstić information content (AvgIpc) is 0.776. The Morgan fingerprint density at radius 1 is 0.222 bits per heavy atom. The van der Waals surface area contributed by atoms with Crippen LogP contribution in [-0.2, 0) is 76.6 Å². The first-order valence-corrected chi connectivity index (χ1v) is 46.0. The Hall–Kier alpha value is -14.6. The van der Waals surface area contributed by atoms with E-state index in [2.05, 4.69) is 290 Å². The van der Waals surface area contributed by atoms with E-state index in [1.165, 1.54) is 62.2 Å². The van der Waals surface area contributed by atoms with E-state index in [1.54, 1.807) is 18.6 Å². The molecule has 0 amide bonds. The number of nitrogens with zero attached hydrogens (tertiary/aromatic N) is 6. The molecule has 0 unspecified atom stereocenters. The first-order chi connectivity index (χ1) is 68.0. The molecular formula is C127H96F8Ir3N6-6. The fourth-order valence-electron chi connectivity index (χ4n) is 16.0. The minimum Gasteiger partial charge on any atom is -0.305 e. The molecule has 21 aromatic rings. The summed E-state index contributed by atoms with van der Waals surface area (Å²) < 4.78 is 107. The monoisotopic (exact) mass is 2440 g/mol. The molecule has 0 fully saturated rings. The molecule has 144 heavy (non-hydrogen) atoms. The number of halogens is 8. The Morgan fingerprint density at radius 3 is 0.806 bits per heavy atom. The number of aryl methyl sites for hydroxylation is 1. The van der Waals surface area contributed by atoms with E-state index < -0.39 is 46.5 Å². The van der Waals surface area contributed by atoms with Crippen LogP contribution in [0.3, 0.4) is 0 Å². The summed E-state index contributed by atoms with van der Waals surface area (Å²) in [5.41, 5.74) is 27.6. The molecule has 17 heteroatoms. The fourth-order valence-corrected chi connectivity index (χ4v) is 16.0. The number of fused-ring (bicyclic) bond motifs is 3. The number of benzene rings is 15. The number of hydrogen-bond donors (Lipinski definition) is 0. The van der Waals surface area contributed by atoms with Gasteiger partial charge in [0.05, 0.1) is 16.6 Å². The Bertz CT molecular complexity index is 7680. The van der Waals surface area contributed by atoms with Gasteiger partial charge in [-0.15, -0.1) is 144 Å². The number of aromatic nitrogens is 6. The zero-order valence-electron chi connectivity index (χ0n) is 80.3. The topological polar surface area (TPSA) is 77.3 Å².